The first-order valence-electron chi connectivity index (χ1n) is 6.46. The summed E-state index contributed by atoms with van der Waals surface area (Å²) in [5.41, 5.74) is 1.22. The van der Waals surface area contributed by atoms with Crippen LogP contribution in [0.4, 0.5) is 11.4 Å². The van der Waals surface area contributed by atoms with Crippen LogP contribution in [0.1, 0.15) is 13.8 Å². The molecule has 1 heterocycles. The first-order valence-corrected chi connectivity index (χ1v) is 6.46. The molecule has 0 unspecified atom stereocenters. The summed E-state index contributed by atoms with van der Waals surface area (Å²) in [5.74, 6) is 0. The van der Waals surface area contributed by atoms with Crippen molar-refractivity contribution in [3.05, 3.63) is 40.6 Å². The summed E-state index contributed by atoms with van der Waals surface area (Å²) < 4.78 is 0. The standard InChI is InChI=1S/C14H17N3O3/c1-10(2)16(8-9-18)12-6-7-15-14-11(12)4-3-5-13(14)17(19)20/h3-7,10,18H,8-9H2,1-2H3. The number of benzene rings is 1. The largest absolute Gasteiger partial charge is 0.395 e. The number of nitrogens with zero attached hydrogens (tertiary/aromatic N) is 3. The number of nitro groups is 1. The molecule has 2 aromatic rings. The quantitative estimate of drug-likeness (QED) is 0.669. The van der Waals surface area contributed by atoms with Gasteiger partial charge in [0.1, 0.15) is 5.52 Å². The normalized spacial score (nSPS) is 11.0. The van der Waals surface area contributed by atoms with Crippen molar-refractivity contribution in [1.82, 2.24) is 4.98 Å². The number of hydrogen-bond acceptors (Lipinski definition) is 5. The van der Waals surface area contributed by atoms with Crippen LogP contribution in [0.2, 0.25) is 0 Å². The van der Waals surface area contributed by atoms with E-state index < -0.39 is 4.92 Å². The van der Waals surface area contributed by atoms with Crippen molar-refractivity contribution in [3.8, 4) is 0 Å². The summed E-state index contributed by atoms with van der Waals surface area (Å²) in [4.78, 5) is 16.8. The van der Waals surface area contributed by atoms with Crippen LogP contribution in [0, 0.1) is 10.1 Å². The van der Waals surface area contributed by atoms with Gasteiger partial charge < -0.3 is 10.0 Å². The second-order valence-electron chi connectivity index (χ2n) is 4.77. The van der Waals surface area contributed by atoms with Gasteiger partial charge in [-0.2, -0.15) is 0 Å². The first kappa shape index (κ1) is 14.2. The maximum atomic E-state index is 11.1. The number of hydrogen-bond donors (Lipinski definition) is 1. The molecule has 0 bridgehead atoms. The molecule has 0 aliphatic carbocycles. The van der Waals surface area contributed by atoms with Crippen molar-refractivity contribution in [2.75, 3.05) is 18.1 Å². The number of anilines is 1. The fraction of sp³-hybridized carbons (Fsp3) is 0.357. The second-order valence-corrected chi connectivity index (χ2v) is 4.77. The third-order valence-electron chi connectivity index (χ3n) is 3.20. The van der Waals surface area contributed by atoms with Crippen molar-refractivity contribution in [2.45, 2.75) is 19.9 Å². The molecule has 0 aliphatic heterocycles. The van der Waals surface area contributed by atoms with Gasteiger partial charge in [-0.3, -0.25) is 10.1 Å². The van der Waals surface area contributed by atoms with Gasteiger partial charge in [-0.25, -0.2) is 4.98 Å². The smallest absolute Gasteiger partial charge is 0.295 e. The van der Waals surface area contributed by atoms with Gasteiger partial charge in [0.2, 0.25) is 0 Å². The Morgan fingerprint density at radius 3 is 2.75 bits per heavy atom. The van der Waals surface area contributed by atoms with Crippen molar-refractivity contribution in [3.63, 3.8) is 0 Å². The van der Waals surface area contributed by atoms with Crippen LogP contribution in [0.15, 0.2) is 30.5 Å². The predicted octanol–water partition coefficient (Wildman–Crippen LogP) is 2.35. The molecular weight excluding hydrogens is 258 g/mol. The van der Waals surface area contributed by atoms with Gasteiger partial charge in [-0.05, 0) is 19.9 Å². The predicted molar refractivity (Wildman–Crippen MR) is 78.0 cm³/mol. The van der Waals surface area contributed by atoms with Crippen LogP contribution in [-0.4, -0.2) is 34.2 Å². The number of rotatable bonds is 5. The lowest BCUT2D eigenvalue weighted by Crippen LogP contribution is -2.33. The van der Waals surface area contributed by atoms with E-state index in [4.69, 9.17) is 0 Å². The number of non-ortho nitro benzene ring substituents is 1. The maximum Gasteiger partial charge on any atom is 0.295 e. The van der Waals surface area contributed by atoms with Crippen LogP contribution in [0.25, 0.3) is 10.9 Å². The van der Waals surface area contributed by atoms with E-state index in [2.05, 4.69) is 4.98 Å². The Bertz CT molecular complexity index is 628. The molecule has 0 spiro atoms. The maximum absolute atomic E-state index is 11.1. The highest BCUT2D eigenvalue weighted by Crippen LogP contribution is 2.31. The summed E-state index contributed by atoms with van der Waals surface area (Å²) in [6.07, 6.45) is 1.57. The molecular formula is C14H17N3O3. The van der Waals surface area contributed by atoms with Gasteiger partial charge in [-0.15, -0.1) is 0 Å². The van der Waals surface area contributed by atoms with E-state index in [1.165, 1.54) is 6.07 Å². The van der Waals surface area contributed by atoms with Crippen molar-refractivity contribution in [1.29, 1.82) is 0 Å². The van der Waals surface area contributed by atoms with Gasteiger partial charge in [0.25, 0.3) is 5.69 Å². The minimum absolute atomic E-state index is 0.00273. The first-order chi connectivity index (χ1) is 9.56. The minimum atomic E-state index is -0.426. The lowest BCUT2D eigenvalue weighted by Gasteiger charge is -2.29. The number of fused-ring (bicyclic) bond motifs is 1. The molecule has 0 saturated carbocycles. The van der Waals surface area contributed by atoms with E-state index in [-0.39, 0.29) is 18.3 Å². The topological polar surface area (TPSA) is 79.5 Å². The Morgan fingerprint density at radius 2 is 2.15 bits per heavy atom. The van der Waals surface area contributed by atoms with Gasteiger partial charge in [0.15, 0.2) is 0 Å². The number of aliphatic hydroxyl groups excluding tert-OH is 1. The molecule has 1 aromatic heterocycles. The van der Waals surface area contributed by atoms with Crippen LogP contribution in [0.5, 0.6) is 0 Å². The Hall–Kier alpha value is -2.21. The molecule has 106 valence electrons. The highest BCUT2D eigenvalue weighted by Gasteiger charge is 2.18. The van der Waals surface area contributed by atoms with E-state index in [1.54, 1.807) is 12.3 Å². The summed E-state index contributed by atoms with van der Waals surface area (Å²) in [7, 11) is 0. The van der Waals surface area contributed by atoms with Gasteiger partial charge >= 0.3 is 0 Å². The average Bonchev–Trinajstić information content (AvgIpc) is 2.43. The summed E-state index contributed by atoms with van der Waals surface area (Å²) in [6, 6.07) is 6.92. The Balaban J connectivity index is 2.65. The molecule has 6 nitrogen and oxygen atoms in total. The van der Waals surface area contributed by atoms with Crippen molar-refractivity contribution < 1.29 is 10.0 Å². The molecule has 20 heavy (non-hydrogen) atoms. The lowest BCUT2D eigenvalue weighted by molar-refractivity contribution is -0.383. The molecule has 2 rings (SSSR count). The van der Waals surface area contributed by atoms with Gasteiger partial charge in [0, 0.05) is 35.9 Å². The van der Waals surface area contributed by atoms with Gasteiger partial charge in [-0.1, -0.05) is 12.1 Å². The molecule has 0 fully saturated rings. The molecule has 0 aliphatic rings. The highest BCUT2D eigenvalue weighted by atomic mass is 16.6. The Kier molecular flexibility index (Phi) is 4.14. The lowest BCUT2D eigenvalue weighted by atomic mass is 10.1. The van der Waals surface area contributed by atoms with Crippen LogP contribution in [-0.2, 0) is 0 Å². The number of pyridine rings is 1. The number of nitro benzene ring substituents is 1. The summed E-state index contributed by atoms with van der Waals surface area (Å²) >= 11 is 0. The van der Waals surface area contributed by atoms with E-state index in [0.29, 0.717) is 12.1 Å². The molecule has 0 atom stereocenters. The Morgan fingerprint density at radius 1 is 1.40 bits per heavy atom. The summed E-state index contributed by atoms with van der Waals surface area (Å²) in [6.45, 7) is 4.52. The average molecular weight is 275 g/mol. The monoisotopic (exact) mass is 275 g/mol. The highest BCUT2D eigenvalue weighted by molar-refractivity contribution is 5.96. The Labute approximate surface area is 116 Å². The van der Waals surface area contributed by atoms with Crippen LogP contribution >= 0.6 is 0 Å². The van der Waals surface area contributed by atoms with Crippen LogP contribution in [0.3, 0.4) is 0 Å². The van der Waals surface area contributed by atoms with Crippen LogP contribution < -0.4 is 4.90 Å². The summed E-state index contributed by atoms with van der Waals surface area (Å²) in [5, 5.41) is 21.0. The van der Waals surface area contributed by atoms with E-state index in [0.717, 1.165) is 11.1 Å². The zero-order valence-corrected chi connectivity index (χ0v) is 11.5. The fourth-order valence-electron chi connectivity index (χ4n) is 2.31. The minimum Gasteiger partial charge on any atom is -0.395 e. The third-order valence-corrected chi connectivity index (χ3v) is 3.20. The second kappa shape index (κ2) is 5.83. The SMILES string of the molecule is CC(C)N(CCO)c1ccnc2c([N+](=O)[O-])cccc12. The van der Waals surface area contributed by atoms with E-state index in [1.807, 2.05) is 30.9 Å². The molecule has 0 amide bonds. The van der Waals surface area contributed by atoms with Gasteiger partial charge in [0.05, 0.1) is 11.5 Å². The van der Waals surface area contributed by atoms with Crippen molar-refractivity contribution >= 4 is 22.3 Å². The molecule has 1 N–H and O–H groups in total. The molecule has 1 aromatic carbocycles. The number of aliphatic hydroxyl groups is 1. The van der Waals surface area contributed by atoms with E-state index >= 15 is 0 Å². The zero-order chi connectivity index (χ0) is 14.7. The van der Waals surface area contributed by atoms with E-state index in [9.17, 15) is 15.2 Å². The fourth-order valence-corrected chi connectivity index (χ4v) is 2.31. The van der Waals surface area contributed by atoms with Crippen molar-refractivity contribution in [2.24, 2.45) is 0 Å². The molecule has 6 heteroatoms. The number of aromatic nitrogens is 1. The third kappa shape index (κ3) is 2.55. The molecule has 0 radical (unpaired) electrons. The zero-order valence-electron chi connectivity index (χ0n) is 11.5. The molecule has 0 saturated heterocycles. The number of para-hydroxylation sites is 1.